The molecule has 0 aromatic heterocycles. The van der Waals surface area contributed by atoms with Crippen LogP contribution in [0.1, 0.15) is 26.3 Å². The summed E-state index contributed by atoms with van der Waals surface area (Å²) < 4.78 is 11.1. The van der Waals surface area contributed by atoms with Crippen LogP contribution < -0.4 is 14.8 Å². The predicted octanol–water partition coefficient (Wildman–Crippen LogP) is 2.59. The molecule has 0 radical (unpaired) electrons. The van der Waals surface area contributed by atoms with Crippen LogP contribution in [0.15, 0.2) is 18.2 Å². The number of ether oxygens (including phenoxy) is 2. The molecule has 1 aliphatic heterocycles. The summed E-state index contributed by atoms with van der Waals surface area (Å²) in [6.07, 6.45) is 0. The highest BCUT2D eigenvalue weighted by Gasteiger charge is 2.12. The lowest BCUT2D eigenvalue weighted by Gasteiger charge is -2.20. The van der Waals surface area contributed by atoms with Gasteiger partial charge in [-0.1, -0.05) is 26.8 Å². The fourth-order valence-electron chi connectivity index (χ4n) is 1.78. The third kappa shape index (κ3) is 3.63. The van der Waals surface area contributed by atoms with Crippen LogP contribution in [-0.4, -0.2) is 19.8 Å². The summed E-state index contributed by atoms with van der Waals surface area (Å²) in [5.41, 5.74) is 1.55. The topological polar surface area (TPSA) is 30.5 Å². The van der Waals surface area contributed by atoms with E-state index >= 15 is 0 Å². The molecule has 2 rings (SSSR count). The van der Waals surface area contributed by atoms with Gasteiger partial charge in [-0.3, -0.25) is 0 Å². The predicted molar refractivity (Wildman–Crippen MR) is 68.6 cm³/mol. The lowest BCUT2D eigenvalue weighted by Crippen LogP contribution is -2.26. The first-order chi connectivity index (χ1) is 8.04. The van der Waals surface area contributed by atoms with E-state index in [1.807, 2.05) is 6.07 Å². The molecule has 0 bridgehead atoms. The first kappa shape index (κ1) is 12.2. The Bertz CT molecular complexity index is 382. The first-order valence-electron chi connectivity index (χ1n) is 6.14. The largest absolute Gasteiger partial charge is 0.486 e. The van der Waals surface area contributed by atoms with Crippen LogP contribution in [0.3, 0.4) is 0 Å². The van der Waals surface area contributed by atoms with Gasteiger partial charge in [0.2, 0.25) is 0 Å². The summed E-state index contributed by atoms with van der Waals surface area (Å²) in [4.78, 5) is 0. The fourth-order valence-corrected chi connectivity index (χ4v) is 1.78. The van der Waals surface area contributed by atoms with Gasteiger partial charge in [0, 0.05) is 13.1 Å². The van der Waals surface area contributed by atoms with Crippen LogP contribution in [0.4, 0.5) is 0 Å². The number of rotatable bonds is 3. The standard InChI is InChI=1S/C14H21NO2/c1-14(2,3)10-15-9-11-4-5-12-13(8-11)17-7-6-16-12/h4-5,8,15H,6-7,9-10H2,1-3H3. The van der Waals surface area contributed by atoms with Gasteiger partial charge in [0.1, 0.15) is 13.2 Å². The molecule has 17 heavy (non-hydrogen) atoms. The number of hydrogen-bond donors (Lipinski definition) is 1. The molecule has 0 unspecified atom stereocenters. The monoisotopic (exact) mass is 235 g/mol. The van der Waals surface area contributed by atoms with Crippen molar-refractivity contribution in [3.8, 4) is 11.5 Å². The molecule has 3 nitrogen and oxygen atoms in total. The Morgan fingerprint density at radius 2 is 1.82 bits per heavy atom. The number of fused-ring (bicyclic) bond motifs is 1. The third-order valence-corrected chi connectivity index (χ3v) is 2.59. The zero-order chi connectivity index (χ0) is 12.3. The molecule has 1 N–H and O–H groups in total. The second-order valence-corrected chi connectivity index (χ2v) is 5.64. The van der Waals surface area contributed by atoms with Gasteiger partial charge in [0.25, 0.3) is 0 Å². The van der Waals surface area contributed by atoms with Crippen LogP contribution >= 0.6 is 0 Å². The molecule has 1 aromatic rings. The van der Waals surface area contributed by atoms with Crippen LogP contribution in [0.25, 0.3) is 0 Å². The Kier molecular flexibility index (Phi) is 3.57. The summed E-state index contributed by atoms with van der Waals surface area (Å²) in [7, 11) is 0. The molecule has 94 valence electrons. The summed E-state index contributed by atoms with van der Waals surface area (Å²) in [6, 6.07) is 6.13. The molecule has 1 aliphatic rings. The molecule has 0 atom stereocenters. The van der Waals surface area contributed by atoms with E-state index in [0.29, 0.717) is 18.6 Å². The Hall–Kier alpha value is -1.22. The van der Waals surface area contributed by atoms with E-state index in [0.717, 1.165) is 24.6 Å². The molecule has 0 saturated heterocycles. The minimum absolute atomic E-state index is 0.313. The van der Waals surface area contributed by atoms with E-state index in [9.17, 15) is 0 Å². The van der Waals surface area contributed by atoms with Crippen molar-refractivity contribution in [3.05, 3.63) is 23.8 Å². The smallest absolute Gasteiger partial charge is 0.161 e. The number of nitrogens with one attached hydrogen (secondary N) is 1. The normalized spacial score (nSPS) is 14.8. The van der Waals surface area contributed by atoms with Crippen molar-refractivity contribution in [2.75, 3.05) is 19.8 Å². The van der Waals surface area contributed by atoms with E-state index < -0.39 is 0 Å². The van der Waals surface area contributed by atoms with Crippen molar-refractivity contribution < 1.29 is 9.47 Å². The summed E-state index contributed by atoms with van der Waals surface area (Å²) in [6.45, 7) is 9.84. The van der Waals surface area contributed by atoms with Crippen LogP contribution in [0.5, 0.6) is 11.5 Å². The first-order valence-corrected chi connectivity index (χ1v) is 6.14. The van der Waals surface area contributed by atoms with Crippen LogP contribution in [-0.2, 0) is 6.54 Å². The second kappa shape index (κ2) is 4.96. The summed E-state index contributed by atoms with van der Waals surface area (Å²) >= 11 is 0. The highest BCUT2D eigenvalue weighted by molar-refractivity contribution is 5.43. The average Bonchev–Trinajstić information content (AvgIpc) is 2.27. The Morgan fingerprint density at radius 1 is 1.12 bits per heavy atom. The van der Waals surface area contributed by atoms with Gasteiger partial charge in [-0.2, -0.15) is 0 Å². The minimum atomic E-state index is 0.313. The Morgan fingerprint density at radius 3 is 2.53 bits per heavy atom. The van der Waals surface area contributed by atoms with Crippen molar-refractivity contribution in [2.45, 2.75) is 27.3 Å². The van der Waals surface area contributed by atoms with Gasteiger partial charge in [-0.05, 0) is 23.1 Å². The van der Waals surface area contributed by atoms with E-state index in [1.165, 1.54) is 5.56 Å². The van der Waals surface area contributed by atoms with Gasteiger partial charge in [0.05, 0.1) is 0 Å². The van der Waals surface area contributed by atoms with Crippen LogP contribution in [0, 0.1) is 5.41 Å². The third-order valence-electron chi connectivity index (χ3n) is 2.59. The van der Waals surface area contributed by atoms with Gasteiger partial charge in [0.15, 0.2) is 11.5 Å². The van der Waals surface area contributed by atoms with Crippen molar-refractivity contribution in [3.63, 3.8) is 0 Å². The molecule has 1 aromatic carbocycles. The highest BCUT2D eigenvalue weighted by atomic mass is 16.6. The molecular formula is C14H21NO2. The summed E-state index contributed by atoms with van der Waals surface area (Å²) in [5, 5.41) is 3.45. The SMILES string of the molecule is CC(C)(C)CNCc1ccc2c(c1)OCCO2. The Labute approximate surface area is 103 Å². The molecule has 0 amide bonds. The molecule has 0 fully saturated rings. The minimum Gasteiger partial charge on any atom is -0.486 e. The molecule has 0 spiro atoms. The van der Waals surface area contributed by atoms with E-state index in [4.69, 9.17) is 9.47 Å². The van der Waals surface area contributed by atoms with Crippen molar-refractivity contribution in [1.29, 1.82) is 0 Å². The molecule has 3 heteroatoms. The molecule has 0 saturated carbocycles. The number of benzene rings is 1. The van der Waals surface area contributed by atoms with E-state index in [2.05, 4.69) is 38.2 Å². The Balaban J connectivity index is 1.93. The second-order valence-electron chi connectivity index (χ2n) is 5.64. The average molecular weight is 235 g/mol. The van der Waals surface area contributed by atoms with Crippen molar-refractivity contribution in [1.82, 2.24) is 5.32 Å². The number of hydrogen-bond acceptors (Lipinski definition) is 3. The van der Waals surface area contributed by atoms with Gasteiger partial charge in [-0.25, -0.2) is 0 Å². The maximum Gasteiger partial charge on any atom is 0.161 e. The lowest BCUT2D eigenvalue weighted by molar-refractivity contribution is 0.171. The fraction of sp³-hybridized carbons (Fsp3) is 0.571. The summed E-state index contributed by atoms with van der Waals surface area (Å²) in [5.74, 6) is 1.72. The van der Waals surface area contributed by atoms with Crippen LogP contribution in [0.2, 0.25) is 0 Å². The van der Waals surface area contributed by atoms with E-state index in [1.54, 1.807) is 0 Å². The van der Waals surface area contributed by atoms with Gasteiger partial charge < -0.3 is 14.8 Å². The van der Waals surface area contributed by atoms with Gasteiger partial charge in [-0.15, -0.1) is 0 Å². The maximum absolute atomic E-state index is 5.56. The molecular weight excluding hydrogens is 214 g/mol. The maximum atomic E-state index is 5.56. The lowest BCUT2D eigenvalue weighted by atomic mass is 9.97. The van der Waals surface area contributed by atoms with E-state index in [-0.39, 0.29) is 0 Å². The quantitative estimate of drug-likeness (QED) is 0.873. The highest BCUT2D eigenvalue weighted by Crippen LogP contribution is 2.30. The zero-order valence-electron chi connectivity index (χ0n) is 10.9. The molecule has 1 heterocycles. The zero-order valence-corrected chi connectivity index (χ0v) is 10.9. The van der Waals surface area contributed by atoms with Crippen molar-refractivity contribution >= 4 is 0 Å². The van der Waals surface area contributed by atoms with Crippen molar-refractivity contribution in [2.24, 2.45) is 5.41 Å². The molecule has 0 aliphatic carbocycles. The van der Waals surface area contributed by atoms with Gasteiger partial charge >= 0.3 is 0 Å².